The summed E-state index contributed by atoms with van der Waals surface area (Å²) < 4.78 is 5.48. The quantitative estimate of drug-likeness (QED) is 0.444. The van der Waals surface area contributed by atoms with Crippen LogP contribution in [0.2, 0.25) is 5.02 Å². The minimum absolute atomic E-state index is 0.0210. The van der Waals surface area contributed by atoms with Gasteiger partial charge in [-0.3, -0.25) is 9.69 Å². The summed E-state index contributed by atoms with van der Waals surface area (Å²) in [5, 5.41) is 12.8. The maximum Gasteiger partial charge on any atom is 0.410 e. The predicted molar refractivity (Wildman–Crippen MR) is 174 cm³/mol. The van der Waals surface area contributed by atoms with Crippen molar-refractivity contribution in [3.8, 4) is 6.07 Å². The summed E-state index contributed by atoms with van der Waals surface area (Å²) in [6.45, 7) is 11.6. The van der Waals surface area contributed by atoms with Crippen molar-refractivity contribution in [3.05, 3.63) is 58.6 Å². The lowest BCUT2D eigenvalue weighted by molar-refractivity contribution is -0.0162. The molecule has 2 aromatic rings. The number of nitrogens with zero attached hydrogens (tertiary/aromatic N) is 5. The highest BCUT2D eigenvalue weighted by molar-refractivity contribution is 6.32. The number of hydrogen-bond acceptors (Lipinski definition) is 7. The Morgan fingerprint density at radius 1 is 1.02 bits per heavy atom. The Hall–Kier alpha value is -3.48. The van der Waals surface area contributed by atoms with Crippen molar-refractivity contribution in [3.63, 3.8) is 0 Å². The first-order valence-corrected chi connectivity index (χ1v) is 16.2. The van der Waals surface area contributed by atoms with Gasteiger partial charge < -0.3 is 24.8 Å². The molecule has 2 aliphatic heterocycles. The molecule has 2 amide bonds. The van der Waals surface area contributed by atoms with Crippen LogP contribution in [-0.2, 0) is 4.74 Å². The van der Waals surface area contributed by atoms with E-state index < -0.39 is 5.60 Å². The predicted octanol–water partition coefficient (Wildman–Crippen LogP) is 5.38. The lowest BCUT2D eigenvalue weighted by Crippen LogP contribution is -2.64. The van der Waals surface area contributed by atoms with E-state index in [4.69, 9.17) is 21.6 Å². The van der Waals surface area contributed by atoms with Crippen molar-refractivity contribution in [1.82, 2.24) is 15.1 Å². The molecule has 10 heteroatoms. The number of rotatable bonds is 7. The van der Waals surface area contributed by atoms with Crippen molar-refractivity contribution in [2.75, 3.05) is 62.7 Å². The molecule has 5 rings (SSSR count). The first-order chi connectivity index (χ1) is 21.0. The van der Waals surface area contributed by atoms with Gasteiger partial charge in [0.05, 0.1) is 10.6 Å². The van der Waals surface area contributed by atoms with Gasteiger partial charge in [0, 0.05) is 81.9 Å². The number of halogens is 1. The van der Waals surface area contributed by atoms with Crippen LogP contribution in [-0.4, -0.2) is 92.3 Å². The van der Waals surface area contributed by atoms with Crippen LogP contribution in [0.3, 0.4) is 0 Å². The fraction of sp³-hybridized carbons (Fsp3) is 0.559. The summed E-state index contributed by atoms with van der Waals surface area (Å²) in [6.07, 6.45) is 4.01. The number of anilines is 2. The van der Waals surface area contributed by atoms with Crippen LogP contribution in [0.15, 0.2) is 42.5 Å². The van der Waals surface area contributed by atoms with Gasteiger partial charge in [0.1, 0.15) is 11.7 Å². The lowest BCUT2D eigenvalue weighted by atomic mass is 9.85. The van der Waals surface area contributed by atoms with Crippen LogP contribution < -0.4 is 15.1 Å². The number of amides is 2. The highest BCUT2D eigenvalue weighted by Crippen LogP contribution is 2.31. The minimum Gasteiger partial charge on any atom is -0.444 e. The zero-order valence-electron chi connectivity index (χ0n) is 26.4. The van der Waals surface area contributed by atoms with Crippen molar-refractivity contribution in [1.29, 1.82) is 5.26 Å². The monoisotopic (exact) mass is 620 g/mol. The van der Waals surface area contributed by atoms with E-state index in [9.17, 15) is 9.59 Å². The van der Waals surface area contributed by atoms with E-state index in [1.165, 1.54) is 0 Å². The number of carbonyl (C=O) groups excluding carboxylic acids is 2. The fourth-order valence-electron chi connectivity index (χ4n) is 6.43. The number of benzene rings is 2. The van der Waals surface area contributed by atoms with Gasteiger partial charge in [0.25, 0.3) is 5.91 Å². The van der Waals surface area contributed by atoms with Gasteiger partial charge >= 0.3 is 6.09 Å². The highest BCUT2D eigenvalue weighted by atomic mass is 35.5. The van der Waals surface area contributed by atoms with Gasteiger partial charge in [-0.25, -0.2) is 4.79 Å². The van der Waals surface area contributed by atoms with E-state index in [0.29, 0.717) is 40.7 Å². The molecule has 1 N–H and O–H groups in total. The molecule has 0 bridgehead atoms. The Labute approximate surface area is 266 Å². The number of piperazine rings is 1. The van der Waals surface area contributed by atoms with Crippen LogP contribution in [0.25, 0.3) is 0 Å². The van der Waals surface area contributed by atoms with Crippen LogP contribution >= 0.6 is 11.6 Å². The van der Waals surface area contributed by atoms with Gasteiger partial charge in [-0.15, -0.1) is 0 Å². The molecular formula is C34H45ClN6O3. The molecule has 1 saturated carbocycles. The Morgan fingerprint density at radius 3 is 2.27 bits per heavy atom. The largest absolute Gasteiger partial charge is 0.444 e. The number of hydrogen-bond donors (Lipinski definition) is 1. The van der Waals surface area contributed by atoms with E-state index in [2.05, 4.69) is 45.3 Å². The maximum absolute atomic E-state index is 12.9. The zero-order chi connectivity index (χ0) is 31.4. The Balaban J connectivity index is 1.01. The summed E-state index contributed by atoms with van der Waals surface area (Å²) in [4.78, 5) is 34.0. The SMILES string of the molecule is CN(c1ccc(C#N)c(Cl)c1)C1CCC(CNC(=O)c2ccc(N3CCN(C4CN(C(=O)OC(C)(C)C)C4)CC3)cc2)CC1. The van der Waals surface area contributed by atoms with Crippen molar-refractivity contribution >= 4 is 35.0 Å². The zero-order valence-corrected chi connectivity index (χ0v) is 27.1. The van der Waals surface area contributed by atoms with E-state index >= 15 is 0 Å². The molecule has 0 atom stereocenters. The molecule has 0 spiro atoms. The topological polar surface area (TPSA) is 92.2 Å². The normalized spacial score (nSPS) is 21.3. The second kappa shape index (κ2) is 13.7. The molecule has 0 radical (unpaired) electrons. The fourth-order valence-corrected chi connectivity index (χ4v) is 6.65. The molecule has 3 fully saturated rings. The first-order valence-electron chi connectivity index (χ1n) is 15.8. The van der Waals surface area contributed by atoms with Gasteiger partial charge in [-0.2, -0.15) is 5.26 Å². The number of ether oxygens (including phenoxy) is 1. The van der Waals surface area contributed by atoms with Crippen LogP contribution in [0.4, 0.5) is 16.2 Å². The van der Waals surface area contributed by atoms with E-state index in [1.54, 1.807) is 11.0 Å². The second-order valence-corrected chi connectivity index (χ2v) is 13.8. The number of carbonyl (C=O) groups is 2. The number of nitriles is 1. The number of likely N-dealkylation sites (tertiary alicyclic amines) is 1. The van der Waals surface area contributed by atoms with Gasteiger partial charge in [0.2, 0.25) is 0 Å². The summed E-state index contributed by atoms with van der Waals surface area (Å²) in [7, 11) is 2.09. The van der Waals surface area contributed by atoms with Crippen LogP contribution in [0.1, 0.15) is 62.4 Å². The van der Waals surface area contributed by atoms with E-state index in [0.717, 1.165) is 76.3 Å². The Morgan fingerprint density at radius 2 is 1.68 bits per heavy atom. The standard InChI is InChI=1S/C34H45ClN6O3/c1-34(2,3)44-33(43)41-22-30(23-41)40-17-15-39(16-18-40)28-12-7-25(8-13-28)32(42)37-21-24-5-10-27(11-6-24)38(4)29-14-9-26(20-36)31(35)19-29/h7-9,12-14,19,24,27,30H,5-6,10-11,15-18,21-23H2,1-4H3,(H,37,42). The maximum atomic E-state index is 12.9. The lowest BCUT2D eigenvalue weighted by Gasteiger charge is -2.48. The molecular weight excluding hydrogens is 576 g/mol. The smallest absolute Gasteiger partial charge is 0.410 e. The average molecular weight is 621 g/mol. The molecule has 9 nitrogen and oxygen atoms in total. The third-order valence-corrected chi connectivity index (χ3v) is 9.55. The molecule has 1 aliphatic carbocycles. The molecule has 2 aromatic carbocycles. The van der Waals surface area contributed by atoms with Crippen molar-refractivity contribution in [2.24, 2.45) is 5.92 Å². The van der Waals surface area contributed by atoms with Crippen LogP contribution in [0.5, 0.6) is 0 Å². The minimum atomic E-state index is -0.466. The summed E-state index contributed by atoms with van der Waals surface area (Å²) in [6, 6.07) is 16.5. The van der Waals surface area contributed by atoms with Gasteiger partial charge in [-0.1, -0.05) is 11.6 Å². The van der Waals surface area contributed by atoms with Gasteiger partial charge in [-0.05, 0) is 94.8 Å². The third kappa shape index (κ3) is 7.77. The van der Waals surface area contributed by atoms with Gasteiger partial charge in [0.15, 0.2) is 0 Å². The molecule has 236 valence electrons. The highest BCUT2D eigenvalue weighted by Gasteiger charge is 2.38. The van der Waals surface area contributed by atoms with E-state index in [1.807, 2.05) is 45.0 Å². The molecule has 0 aromatic heterocycles. The summed E-state index contributed by atoms with van der Waals surface area (Å²) >= 11 is 6.25. The first kappa shape index (κ1) is 31.9. The molecule has 2 heterocycles. The second-order valence-electron chi connectivity index (χ2n) is 13.4. The molecule has 0 unspecified atom stereocenters. The molecule has 44 heavy (non-hydrogen) atoms. The Bertz CT molecular complexity index is 1350. The Kier molecular flexibility index (Phi) is 9.91. The number of nitrogens with one attached hydrogen (secondary N) is 1. The summed E-state index contributed by atoms with van der Waals surface area (Å²) in [5.74, 6) is 0.447. The van der Waals surface area contributed by atoms with Crippen molar-refractivity contribution in [2.45, 2.75) is 64.1 Å². The van der Waals surface area contributed by atoms with Crippen LogP contribution in [0, 0.1) is 17.2 Å². The average Bonchev–Trinajstić information content (AvgIpc) is 2.98. The van der Waals surface area contributed by atoms with Crippen molar-refractivity contribution < 1.29 is 14.3 Å². The third-order valence-electron chi connectivity index (χ3n) is 9.23. The van der Waals surface area contributed by atoms with E-state index in [-0.39, 0.29) is 12.0 Å². The molecule has 2 saturated heterocycles. The summed E-state index contributed by atoms with van der Waals surface area (Å²) in [5.41, 5.74) is 2.88. The molecule has 3 aliphatic rings.